The summed E-state index contributed by atoms with van der Waals surface area (Å²) in [7, 11) is 6.54. The van der Waals surface area contributed by atoms with Gasteiger partial charge in [-0.3, -0.25) is 0 Å². The van der Waals surface area contributed by atoms with Crippen molar-refractivity contribution >= 4 is 0 Å². The number of nitrogens with one attached hydrogen (secondary N) is 1. The smallest absolute Gasteiger partial charge is 0.0106 e. The normalized spacial score (nSPS) is 25.1. The van der Waals surface area contributed by atoms with Crippen LogP contribution in [0.1, 0.15) is 32.6 Å². The highest BCUT2D eigenvalue weighted by Crippen LogP contribution is 2.28. The molecule has 0 saturated heterocycles. The van der Waals surface area contributed by atoms with Crippen molar-refractivity contribution in [2.75, 3.05) is 47.3 Å². The third-order valence-electron chi connectivity index (χ3n) is 3.94. The Morgan fingerprint density at radius 2 is 1.82 bits per heavy atom. The van der Waals surface area contributed by atoms with Crippen LogP contribution in [0.15, 0.2) is 0 Å². The number of hydrogen-bond acceptors (Lipinski definition) is 3. The third kappa shape index (κ3) is 5.84. The van der Waals surface area contributed by atoms with Gasteiger partial charge in [0.15, 0.2) is 0 Å². The summed E-state index contributed by atoms with van der Waals surface area (Å²) in [5.74, 6) is 0.914. The highest BCUT2D eigenvalue weighted by molar-refractivity contribution is 4.83. The Kier molecular flexibility index (Phi) is 7.09. The van der Waals surface area contributed by atoms with Crippen molar-refractivity contribution in [2.45, 2.75) is 38.6 Å². The fraction of sp³-hybridized carbons (Fsp3) is 1.00. The van der Waals surface area contributed by atoms with E-state index in [-0.39, 0.29) is 0 Å². The van der Waals surface area contributed by atoms with Crippen molar-refractivity contribution in [1.82, 2.24) is 15.1 Å². The molecule has 1 aliphatic rings. The van der Waals surface area contributed by atoms with E-state index in [1.165, 1.54) is 38.8 Å². The van der Waals surface area contributed by atoms with Crippen molar-refractivity contribution in [3.05, 3.63) is 0 Å². The standard InChI is InChI=1S/C14H31N3/c1-5-15-14-8-6-7-13(14)9-10-17(4)12-11-16(2)3/h13-15H,5-12H2,1-4H3. The summed E-state index contributed by atoms with van der Waals surface area (Å²) in [5, 5.41) is 3.64. The van der Waals surface area contributed by atoms with Gasteiger partial charge in [-0.1, -0.05) is 13.3 Å². The molecule has 17 heavy (non-hydrogen) atoms. The van der Waals surface area contributed by atoms with Crippen LogP contribution in [0.25, 0.3) is 0 Å². The molecular formula is C14H31N3. The summed E-state index contributed by atoms with van der Waals surface area (Å²) in [6.45, 7) is 6.94. The van der Waals surface area contributed by atoms with Gasteiger partial charge in [0.2, 0.25) is 0 Å². The number of hydrogen-bond donors (Lipinski definition) is 1. The molecule has 0 amide bonds. The molecule has 0 spiro atoms. The highest BCUT2D eigenvalue weighted by Gasteiger charge is 2.25. The summed E-state index contributed by atoms with van der Waals surface area (Å²) in [6.07, 6.45) is 5.60. The van der Waals surface area contributed by atoms with Gasteiger partial charge in [0.05, 0.1) is 0 Å². The first-order chi connectivity index (χ1) is 8.13. The maximum atomic E-state index is 3.64. The monoisotopic (exact) mass is 241 g/mol. The Morgan fingerprint density at radius 3 is 2.47 bits per heavy atom. The maximum absolute atomic E-state index is 3.64. The molecule has 3 nitrogen and oxygen atoms in total. The molecule has 0 aromatic rings. The van der Waals surface area contributed by atoms with Crippen molar-refractivity contribution in [2.24, 2.45) is 5.92 Å². The molecule has 0 bridgehead atoms. The summed E-state index contributed by atoms with van der Waals surface area (Å²) in [6, 6.07) is 0.794. The molecule has 0 aliphatic heterocycles. The average molecular weight is 241 g/mol. The van der Waals surface area contributed by atoms with Gasteiger partial charge in [-0.2, -0.15) is 0 Å². The van der Waals surface area contributed by atoms with E-state index in [9.17, 15) is 0 Å². The first kappa shape index (κ1) is 14.9. The third-order valence-corrected chi connectivity index (χ3v) is 3.94. The van der Waals surface area contributed by atoms with E-state index in [2.05, 4.69) is 43.2 Å². The topological polar surface area (TPSA) is 18.5 Å². The molecule has 3 heteroatoms. The molecule has 1 rings (SSSR count). The zero-order valence-electron chi connectivity index (χ0n) is 12.2. The van der Waals surface area contributed by atoms with Crippen LogP contribution in [0.4, 0.5) is 0 Å². The lowest BCUT2D eigenvalue weighted by atomic mass is 9.99. The molecule has 0 aromatic heterocycles. The van der Waals surface area contributed by atoms with Crippen LogP contribution in [-0.4, -0.2) is 63.2 Å². The lowest BCUT2D eigenvalue weighted by Crippen LogP contribution is -2.35. The van der Waals surface area contributed by atoms with Gasteiger partial charge in [0.25, 0.3) is 0 Å². The van der Waals surface area contributed by atoms with Gasteiger partial charge < -0.3 is 15.1 Å². The van der Waals surface area contributed by atoms with Crippen LogP contribution >= 0.6 is 0 Å². The SMILES string of the molecule is CCNC1CCCC1CCN(C)CCN(C)C. The quantitative estimate of drug-likeness (QED) is 0.697. The second-order valence-corrected chi connectivity index (χ2v) is 5.75. The molecule has 1 saturated carbocycles. The van der Waals surface area contributed by atoms with Crippen LogP contribution in [0.5, 0.6) is 0 Å². The van der Waals surface area contributed by atoms with E-state index < -0.39 is 0 Å². The van der Waals surface area contributed by atoms with Crippen LogP contribution in [0, 0.1) is 5.92 Å². The molecule has 0 heterocycles. The second kappa shape index (κ2) is 8.06. The van der Waals surface area contributed by atoms with Gasteiger partial charge in [0.1, 0.15) is 0 Å². The van der Waals surface area contributed by atoms with Gasteiger partial charge >= 0.3 is 0 Å². The van der Waals surface area contributed by atoms with Gasteiger partial charge in [-0.05, 0) is 59.4 Å². The van der Waals surface area contributed by atoms with Crippen molar-refractivity contribution in [3.63, 3.8) is 0 Å². The van der Waals surface area contributed by atoms with Crippen LogP contribution in [0.2, 0.25) is 0 Å². The number of rotatable bonds is 8. The zero-order valence-corrected chi connectivity index (χ0v) is 12.2. The zero-order chi connectivity index (χ0) is 12.7. The molecule has 1 N–H and O–H groups in total. The summed E-state index contributed by atoms with van der Waals surface area (Å²) in [4.78, 5) is 4.73. The van der Waals surface area contributed by atoms with E-state index >= 15 is 0 Å². The van der Waals surface area contributed by atoms with Gasteiger partial charge in [0, 0.05) is 19.1 Å². The number of nitrogens with zero attached hydrogens (tertiary/aromatic N) is 2. The van der Waals surface area contributed by atoms with E-state index in [0.29, 0.717) is 0 Å². The summed E-state index contributed by atoms with van der Waals surface area (Å²) >= 11 is 0. The van der Waals surface area contributed by atoms with Gasteiger partial charge in [-0.15, -0.1) is 0 Å². The van der Waals surface area contributed by atoms with E-state index in [1.807, 2.05) is 0 Å². The molecule has 2 unspecified atom stereocenters. The fourth-order valence-corrected chi connectivity index (χ4v) is 2.78. The Hall–Kier alpha value is -0.120. The molecule has 1 fully saturated rings. The Bertz CT molecular complexity index is 194. The van der Waals surface area contributed by atoms with Crippen molar-refractivity contribution < 1.29 is 0 Å². The van der Waals surface area contributed by atoms with Crippen LogP contribution < -0.4 is 5.32 Å². The highest BCUT2D eigenvalue weighted by atomic mass is 15.1. The van der Waals surface area contributed by atoms with Crippen molar-refractivity contribution in [3.8, 4) is 0 Å². The maximum Gasteiger partial charge on any atom is 0.0106 e. The minimum absolute atomic E-state index is 0.794. The largest absolute Gasteiger partial charge is 0.314 e. The van der Waals surface area contributed by atoms with Gasteiger partial charge in [-0.25, -0.2) is 0 Å². The molecule has 1 aliphatic carbocycles. The molecule has 0 radical (unpaired) electrons. The fourth-order valence-electron chi connectivity index (χ4n) is 2.78. The molecular weight excluding hydrogens is 210 g/mol. The lowest BCUT2D eigenvalue weighted by molar-refractivity contribution is 0.254. The lowest BCUT2D eigenvalue weighted by Gasteiger charge is -2.24. The first-order valence-corrected chi connectivity index (χ1v) is 7.20. The van der Waals surface area contributed by atoms with Crippen LogP contribution in [-0.2, 0) is 0 Å². The molecule has 102 valence electrons. The Morgan fingerprint density at radius 1 is 1.06 bits per heavy atom. The van der Waals surface area contributed by atoms with E-state index in [0.717, 1.165) is 25.0 Å². The Balaban J connectivity index is 2.15. The average Bonchev–Trinajstić information content (AvgIpc) is 2.71. The minimum atomic E-state index is 0.794. The number of likely N-dealkylation sites (N-methyl/N-ethyl adjacent to an activating group) is 2. The van der Waals surface area contributed by atoms with E-state index in [4.69, 9.17) is 0 Å². The minimum Gasteiger partial charge on any atom is -0.314 e. The summed E-state index contributed by atoms with van der Waals surface area (Å²) in [5.41, 5.74) is 0. The molecule has 2 atom stereocenters. The van der Waals surface area contributed by atoms with Crippen molar-refractivity contribution in [1.29, 1.82) is 0 Å². The molecule has 0 aromatic carbocycles. The van der Waals surface area contributed by atoms with E-state index in [1.54, 1.807) is 0 Å². The predicted octanol–water partition coefficient (Wildman–Crippen LogP) is 1.65. The predicted molar refractivity (Wildman–Crippen MR) is 75.5 cm³/mol. The first-order valence-electron chi connectivity index (χ1n) is 7.20. The second-order valence-electron chi connectivity index (χ2n) is 5.75. The van der Waals surface area contributed by atoms with Crippen LogP contribution in [0.3, 0.4) is 0 Å². The Labute approximate surface area is 108 Å². The summed E-state index contributed by atoms with van der Waals surface area (Å²) < 4.78 is 0.